The van der Waals surface area contributed by atoms with E-state index in [1.807, 2.05) is 6.92 Å². The molecule has 0 fully saturated rings. The molecule has 0 saturated heterocycles. The van der Waals surface area contributed by atoms with Gasteiger partial charge < -0.3 is 15.4 Å². The van der Waals surface area contributed by atoms with Crippen LogP contribution >= 0.6 is 15.9 Å². The molecule has 1 rings (SSSR count). The van der Waals surface area contributed by atoms with Crippen LogP contribution in [0.1, 0.15) is 32.4 Å². The number of methoxy groups -OCH3 is 1. The summed E-state index contributed by atoms with van der Waals surface area (Å²) >= 11 is 3.60. The SMILES string of the molecule is COCCN(c1ccc(C(C)N)c(Br)c1)C(C)C. The van der Waals surface area contributed by atoms with E-state index in [-0.39, 0.29) is 6.04 Å². The van der Waals surface area contributed by atoms with Crippen LogP contribution in [0, 0.1) is 0 Å². The number of rotatable bonds is 6. The molecule has 102 valence electrons. The minimum atomic E-state index is 0.0416. The van der Waals surface area contributed by atoms with Crippen molar-refractivity contribution in [2.75, 3.05) is 25.2 Å². The Kier molecular flexibility index (Phi) is 6.12. The van der Waals surface area contributed by atoms with Gasteiger partial charge in [0.1, 0.15) is 0 Å². The molecule has 4 heteroatoms. The Hall–Kier alpha value is -0.580. The maximum Gasteiger partial charge on any atom is 0.0637 e. The molecule has 1 atom stereocenters. The van der Waals surface area contributed by atoms with E-state index in [0.717, 1.165) is 23.2 Å². The second-order valence-electron chi connectivity index (χ2n) is 4.77. The van der Waals surface area contributed by atoms with Gasteiger partial charge in [-0.1, -0.05) is 22.0 Å². The molecule has 1 aromatic carbocycles. The van der Waals surface area contributed by atoms with Crippen LogP contribution in [0.5, 0.6) is 0 Å². The van der Waals surface area contributed by atoms with Crippen LogP contribution in [-0.4, -0.2) is 26.3 Å². The molecule has 0 radical (unpaired) electrons. The van der Waals surface area contributed by atoms with Crippen molar-refractivity contribution in [3.05, 3.63) is 28.2 Å². The van der Waals surface area contributed by atoms with Gasteiger partial charge in [0, 0.05) is 35.9 Å². The van der Waals surface area contributed by atoms with E-state index in [1.165, 1.54) is 5.69 Å². The Balaban J connectivity index is 2.95. The number of nitrogens with zero attached hydrogens (tertiary/aromatic N) is 1. The summed E-state index contributed by atoms with van der Waals surface area (Å²) in [5, 5.41) is 0. The first-order valence-electron chi connectivity index (χ1n) is 6.28. The Labute approximate surface area is 118 Å². The highest BCUT2D eigenvalue weighted by Crippen LogP contribution is 2.28. The van der Waals surface area contributed by atoms with E-state index in [2.05, 4.69) is 52.9 Å². The molecule has 0 saturated carbocycles. The molecule has 3 nitrogen and oxygen atoms in total. The predicted molar refractivity (Wildman–Crippen MR) is 81.1 cm³/mol. The molecule has 0 amide bonds. The summed E-state index contributed by atoms with van der Waals surface area (Å²) in [5.74, 6) is 0. The third-order valence-electron chi connectivity index (χ3n) is 2.97. The number of hydrogen-bond acceptors (Lipinski definition) is 3. The smallest absolute Gasteiger partial charge is 0.0637 e. The maximum absolute atomic E-state index is 5.92. The molecule has 1 unspecified atom stereocenters. The van der Waals surface area contributed by atoms with Crippen molar-refractivity contribution in [3.8, 4) is 0 Å². The maximum atomic E-state index is 5.92. The van der Waals surface area contributed by atoms with Crippen molar-refractivity contribution >= 4 is 21.6 Å². The van der Waals surface area contributed by atoms with Gasteiger partial charge in [0.25, 0.3) is 0 Å². The summed E-state index contributed by atoms with van der Waals surface area (Å²) < 4.78 is 6.23. The lowest BCUT2D eigenvalue weighted by Gasteiger charge is -2.29. The van der Waals surface area contributed by atoms with Gasteiger partial charge in [0.15, 0.2) is 0 Å². The second kappa shape index (κ2) is 7.12. The van der Waals surface area contributed by atoms with Crippen molar-refractivity contribution in [2.24, 2.45) is 5.73 Å². The van der Waals surface area contributed by atoms with Gasteiger partial charge in [-0.2, -0.15) is 0 Å². The first-order valence-corrected chi connectivity index (χ1v) is 7.07. The van der Waals surface area contributed by atoms with Crippen LogP contribution in [0.2, 0.25) is 0 Å². The lowest BCUT2D eigenvalue weighted by molar-refractivity contribution is 0.204. The zero-order valence-electron chi connectivity index (χ0n) is 11.6. The van der Waals surface area contributed by atoms with Gasteiger partial charge in [-0.3, -0.25) is 0 Å². The molecule has 0 aliphatic carbocycles. The third-order valence-corrected chi connectivity index (χ3v) is 3.65. The lowest BCUT2D eigenvalue weighted by atomic mass is 10.1. The molecular weight excluding hydrogens is 292 g/mol. The molecule has 0 heterocycles. The molecule has 0 bridgehead atoms. The number of nitrogens with two attached hydrogens (primary N) is 1. The van der Waals surface area contributed by atoms with Crippen LogP contribution in [0.15, 0.2) is 22.7 Å². The van der Waals surface area contributed by atoms with Crippen LogP contribution in [0.25, 0.3) is 0 Å². The van der Waals surface area contributed by atoms with Crippen molar-refractivity contribution in [1.29, 1.82) is 0 Å². The second-order valence-corrected chi connectivity index (χ2v) is 5.63. The van der Waals surface area contributed by atoms with Crippen molar-refractivity contribution in [2.45, 2.75) is 32.9 Å². The van der Waals surface area contributed by atoms with Crippen LogP contribution in [0.3, 0.4) is 0 Å². The summed E-state index contributed by atoms with van der Waals surface area (Å²) in [6.45, 7) is 7.97. The highest BCUT2D eigenvalue weighted by molar-refractivity contribution is 9.10. The number of halogens is 1. The van der Waals surface area contributed by atoms with Crippen LogP contribution in [0.4, 0.5) is 5.69 Å². The summed E-state index contributed by atoms with van der Waals surface area (Å²) in [4.78, 5) is 2.32. The van der Waals surface area contributed by atoms with Crippen molar-refractivity contribution in [3.63, 3.8) is 0 Å². The Bertz CT molecular complexity index is 380. The van der Waals surface area contributed by atoms with Gasteiger partial charge in [0.05, 0.1) is 6.61 Å². The van der Waals surface area contributed by atoms with Gasteiger partial charge >= 0.3 is 0 Å². The Morgan fingerprint density at radius 2 is 2.00 bits per heavy atom. The monoisotopic (exact) mass is 314 g/mol. The molecule has 0 aliphatic rings. The molecule has 0 spiro atoms. The largest absolute Gasteiger partial charge is 0.383 e. The van der Waals surface area contributed by atoms with E-state index in [4.69, 9.17) is 10.5 Å². The standard InChI is InChI=1S/C14H23BrN2O/c1-10(2)17(7-8-18-4)12-5-6-13(11(3)16)14(15)9-12/h5-6,9-11H,7-8,16H2,1-4H3. The third kappa shape index (κ3) is 3.97. The molecular formula is C14H23BrN2O. The fraction of sp³-hybridized carbons (Fsp3) is 0.571. The van der Waals surface area contributed by atoms with Crippen molar-refractivity contribution < 1.29 is 4.74 Å². The summed E-state index contributed by atoms with van der Waals surface area (Å²) in [7, 11) is 1.73. The summed E-state index contributed by atoms with van der Waals surface area (Å²) in [6, 6.07) is 6.83. The van der Waals surface area contributed by atoms with E-state index >= 15 is 0 Å². The van der Waals surface area contributed by atoms with E-state index in [9.17, 15) is 0 Å². The fourth-order valence-corrected chi connectivity index (χ4v) is 2.67. The number of ether oxygens (including phenoxy) is 1. The minimum absolute atomic E-state index is 0.0416. The Morgan fingerprint density at radius 1 is 1.33 bits per heavy atom. The van der Waals surface area contributed by atoms with Crippen LogP contribution in [-0.2, 0) is 4.74 Å². The molecule has 2 N–H and O–H groups in total. The zero-order valence-corrected chi connectivity index (χ0v) is 13.2. The quantitative estimate of drug-likeness (QED) is 0.875. The van der Waals surface area contributed by atoms with E-state index < -0.39 is 0 Å². The van der Waals surface area contributed by atoms with Gasteiger partial charge in [-0.05, 0) is 38.5 Å². The summed E-state index contributed by atoms with van der Waals surface area (Å²) in [6.07, 6.45) is 0. The van der Waals surface area contributed by atoms with E-state index in [0.29, 0.717) is 6.04 Å². The zero-order chi connectivity index (χ0) is 13.7. The predicted octanol–water partition coefficient (Wildman–Crippen LogP) is 3.33. The first-order chi connectivity index (χ1) is 8.47. The fourth-order valence-electron chi connectivity index (χ4n) is 1.94. The normalized spacial score (nSPS) is 12.8. The minimum Gasteiger partial charge on any atom is -0.383 e. The van der Waals surface area contributed by atoms with Gasteiger partial charge in [0.2, 0.25) is 0 Å². The van der Waals surface area contributed by atoms with Gasteiger partial charge in [-0.25, -0.2) is 0 Å². The number of benzene rings is 1. The number of hydrogen-bond donors (Lipinski definition) is 1. The average molecular weight is 315 g/mol. The molecule has 0 aromatic heterocycles. The first kappa shape index (κ1) is 15.5. The Morgan fingerprint density at radius 3 is 2.44 bits per heavy atom. The van der Waals surface area contributed by atoms with Gasteiger partial charge in [-0.15, -0.1) is 0 Å². The average Bonchev–Trinajstić information content (AvgIpc) is 2.28. The molecule has 0 aliphatic heterocycles. The lowest BCUT2D eigenvalue weighted by Crippen LogP contribution is -2.33. The molecule has 1 aromatic rings. The highest BCUT2D eigenvalue weighted by atomic mass is 79.9. The highest BCUT2D eigenvalue weighted by Gasteiger charge is 2.13. The van der Waals surface area contributed by atoms with E-state index in [1.54, 1.807) is 7.11 Å². The molecule has 18 heavy (non-hydrogen) atoms. The van der Waals surface area contributed by atoms with Crippen molar-refractivity contribution in [1.82, 2.24) is 0 Å². The topological polar surface area (TPSA) is 38.5 Å². The number of anilines is 1. The summed E-state index contributed by atoms with van der Waals surface area (Å²) in [5.41, 5.74) is 8.24. The van der Waals surface area contributed by atoms with Crippen LogP contribution < -0.4 is 10.6 Å².